The van der Waals surface area contributed by atoms with Gasteiger partial charge in [0.05, 0.1) is 5.56 Å². The second-order valence-corrected chi connectivity index (χ2v) is 6.37. The van der Waals surface area contributed by atoms with Gasteiger partial charge in [-0.2, -0.15) is 0 Å². The summed E-state index contributed by atoms with van der Waals surface area (Å²) in [6.07, 6.45) is 0. The van der Waals surface area contributed by atoms with Crippen LogP contribution in [0, 0.1) is 6.92 Å². The van der Waals surface area contributed by atoms with Crippen LogP contribution in [-0.4, -0.2) is 22.6 Å². The molecule has 4 aromatic rings. The van der Waals surface area contributed by atoms with Crippen LogP contribution in [0.2, 0.25) is 0 Å². The van der Waals surface area contributed by atoms with E-state index in [0.717, 1.165) is 5.56 Å². The Morgan fingerprint density at radius 3 is 2.68 bits per heavy atom. The molecular weight excluding hydrogens is 356 g/mol. The topological polar surface area (TPSA) is 84.6 Å². The first-order valence-electron chi connectivity index (χ1n) is 8.77. The average molecular weight is 374 g/mol. The Morgan fingerprint density at radius 2 is 1.89 bits per heavy atom. The van der Waals surface area contributed by atoms with Crippen LogP contribution < -0.4 is 10.1 Å². The van der Waals surface area contributed by atoms with E-state index in [1.807, 2.05) is 49.4 Å². The molecule has 0 saturated carbocycles. The summed E-state index contributed by atoms with van der Waals surface area (Å²) in [6, 6.07) is 19.5. The summed E-state index contributed by atoms with van der Waals surface area (Å²) < 4.78 is 11.2. The summed E-state index contributed by atoms with van der Waals surface area (Å²) in [4.78, 5) is 16.6. The molecule has 0 fully saturated rings. The van der Waals surface area contributed by atoms with Crippen LogP contribution in [0.25, 0.3) is 22.6 Å². The smallest absolute Gasteiger partial charge is 0.262 e. The monoisotopic (exact) mass is 374 g/mol. The van der Waals surface area contributed by atoms with Crippen molar-refractivity contribution in [3.05, 3.63) is 72.3 Å². The Kier molecular flexibility index (Phi) is 4.68. The van der Waals surface area contributed by atoms with Crippen LogP contribution in [0.3, 0.4) is 0 Å². The average Bonchev–Trinajstić information content (AvgIpc) is 3.13. The molecule has 0 aliphatic rings. The molecule has 1 aromatic heterocycles. The van der Waals surface area contributed by atoms with Crippen molar-refractivity contribution < 1.29 is 19.1 Å². The number of ether oxygens (including phenoxy) is 1. The molecular formula is C22H18N2O4. The highest BCUT2D eigenvalue weighted by atomic mass is 16.5. The normalized spacial score (nSPS) is 10.8. The van der Waals surface area contributed by atoms with E-state index < -0.39 is 0 Å². The van der Waals surface area contributed by atoms with E-state index in [-0.39, 0.29) is 24.2 Å². The quantitative estimate of drug-likeness (QED) is 0.502. The molecule has 2 N–H and O–H groups in total. The fraction of sp³-hybridized carbons (Fsp3) is 0.0909. The Hall–Kier alpha value is -3.80. The number of phenols is 1. The molecule has 6 nitrogen and oxygen atoms in total. The van der Waals surface area contributed by atoms with Gasteiger partial charge in [0.2, 0.25) is 5.89 Å². The van der Waals surface area contributed by atoms with Gasteiger partial charge in [-0.15, -0.1) is 0 Å². The van der Waals surface area contributed by atoms with Crippen molar-refractivity contribution in [2.75, 3.05) is 11.9 Å². The van der Waals surface area contributed by atoms with E-state index in [1.54, 1.807) is 18.2 Å². The standard InChI is InChI=1S/C22H18N2O4/c1-14-6-9-16(10-7-14)27-13-21(26)23-15-8-11-19(25)17(12-15)22-24-18-4-2-3-5-20(18)28-22/h2-12,25H,13H2,1H3,(H,23,26). The fourth-order valence-corrected chi connectivity index (χ4v) is 2.75. The van der Waals surface area contributed by atoms with Crippen LogP contribution in [0.4, 0.5) is 5.69 Å². The van der Waals surface area contributed by atoms with Crippen LogP contribution in [0.15, 0.2) is 71.1 Å². The maximum absolute atomic E-state index is 12.2. The number of nitrogens with zero attached hydrogens (tertiary/aromatic N) is 1. The molecule has 0 bridgehead atoms. The highest BCUT2D eigenvalue weighted by Gasteiger charge is 2.14. The molecule has 0 atom stereocenters. The lowest BCUT2D eigenvalue weighted by molar-refractivity contribution is -0.118. The summed E-state index contributed by atoms with van der Waals surface area (Å²) in [5.41, 5.74) is 3.34. The zero-order chi connectivity index (χ0) is 19.5. The van der Waals surface area contributed by atoms with Gasteiger partial charge in [0.25, 0.3) is 5.91 Å². The predicted octanol–water partition coefficient (Wildman–Crippen LogP) is 4.53. The molecule has 1 amide bonds. The Labute approximate surface area is 161 Å². The van der Waals surface area contributed by atoms with Gasteiger partial charge in [-0.25, -0.2) is 4.98 Å². The Balaban J connectivity index is 1.48. The van der Waals surface area contributed by atoms with Gasteiger partial charge < -0.3 is 19.6 Å². The van der Waals surface area contributed by atoms with E-state index >= 15 is 0 Å². The first-order valence-corrected chi connectivity index (χ1v) is 8.77. The Morgan fingerprint density at radius 1 is 1.11 bits per heavy atom. The third-order valence-corrected chi connectivity index (χ3v) is 4.20. The second-order valence-electron chi connectivity index (χ2n) is 6.37. The number of carbonyl (C=O) groups excluding carboxylic acids is 1. The number of rotatable bonds is 5. The van der Waals surface area contributed by atoms with Gasteiger partial charge >= 0.3 is 0 Å². The molecule has 1 heterocycles. The molecule has 0 aliphatic heterocycles. The van der Waals surface area contributed by atoms with Crippen LogP contribution in [-0.2, 0) is 4.79 Å². The summed E-state index contributed by atoms with van der Waals surface area (Å²) in [6.45, 7) is 1.86. The zero-order valence-corrected chi connectivity index (χ0v) is 15.2. The van der Waals surface area contributed by atoms with Crippen molar-refractivity contribution >= 4 is 22.7 Å². The maximum Gasteiger partial charge on any atom is 0.262 e. The number of hydrogen-bond donors (Lipinski definition) is 2. The highest BCUT2D eigenvalue weighted by molar-refractivity contribution is 5.93. The lowest BCUT2D eigenvalue weighted by Crippen LogP contribution is -2.20. The molecule has 140 valence electrons. The number of para-hydroxylation sites is 2. The number of aromatic hydroxyl groups is 1. The van der Waals surface area contributed by atoms with Gasteiger partial charge in [0.1, 0.15) is 17.0 Å². The molecule has 4 rings (SSSR count). The van der Waals surface area contributed by atoms with Crippen molar-refractivity contribution in [3.8, 4) is 23.0 Å². The summed E-state index contributed by atoms with van der Waals surface area (Å²) in [5.74, 6) is 0.611. The van der Waals surface area contributed by atoms with Crippen LogP contribution in [0.5, 0.6) is 11.5 Å². The number of amides is 1. The van der Waals surface area contributed by atoms with E-state index in [4.69, 9.17) is 9.15 Å². The molecule has 0 radical (unpaired) electrons. The molecule has 0 saturated heterocycles. The summed E-state index contributed by atoms with van der Waals surface area (Å²) in [5, 5.41) is 12.9. The van der Waals surface area contributed by atoms with E-state index in [0.29, 0.717) is 28.1 Å². The van der Waals surface area contributed by atoms with Crippen LogP contribution in [0.1, 0.15) is 5.56 Å². The lowest BCUT2D eigenvalue weighted by Gasteiger charge is -2.09. The number of hydrogen-bond acceptors (Lipinski definition) is 5. The number of aromatic nitrogens is 1. The van der Waals surface area contributed by atoms with Gasteiger partial charge in [-0.05, 0) is 49.4 Å². The molecule has 0 unspecified atom stereocenters. The van der Waals surface area contributed by atoms with Gasteiger partial charge in [0.15, 0.2) is 12.2 Å². The lowest BCUT2D eigenvalue weighted by atomic mass is 10.1. The van der Waals surface area contributed by atoms with E-state index in [1.165, 1.54) is 6.07 Å². The SMILES string of the molecule is Cc1ccc(OCC(=O)Nc2ccc(O)c(-c3nc4ccccc4o3)c2)cc1. The van der Waals surface area contributed by atoms with Gasteiger partial charge in [-0.3, -0.25) is 4.79 Å². The predicted molar refractivity (Wildman–Crippen MR) is 106 cm³/mol. The number of nitrogens with one attached hydrogen (secondary N) is 1. The number of benzene rings is 3. The third kappa shape index (κ3) is 3.81. The fourth-order valence-electron chi connectivity index (χ4n) is 2.75. The largest absolute Gasteiger partial charge is 0.507 e. The maximum atomic E-state index is 12.2. The van der Waals surface area contributed by atoms with Crippen molar-refractivity contribution in [1.29, 1.82) is 0 Å². The van der Waals surface area contributed by atoms with Crippen molar-refractivity contribution in [2.24, 2.45) is 0 Å². The van der Waals surface area contributed by atoms with Gasteiger partial charge in [-0.1, -0.05) is 29.8 Å². The molecule has 0 aliphatic carbocycles. The number of aryl methyl sites for hydroxylation is 1. The number of phenolic OH excluding ortho intramolecular Hbond substituents is 1. The summed E-state index contributed by atoms with van der Waals surface area (Å²) in [7, 11) is 0. The minimum atomic E-state index is -0.310. The van der Waals surface area contributed by atoms with Crippen molar-refractivity contribution in [1.82, 2.24) is 4.98 Å². The van der Waals surface area contributed by atoms with Gasteiger partial charge in [0, 0.05) is 5.69 Å². The number of anilines is 1. The minimum absolute atomic E-state index is 0.0143. The molecule has 6 heteroatoms. The first-order chi connectivity index (χ1) is 13.6. The Bertz CT molecular complexity index is 1100. The second kappa shape index (κ2) is 7.44. The third-order valence-electron chi connectivity index (χ3n) is 4.20. The van der Waals surface area contributed by atoms with Crippen LogP contribution >= 0.6 is 0 Å². The molecule has 0 spiro atoms. The highest BCUT2D eigenvalue weighted by Crippen LogP contribution is 2.33. The van der Waals surface area contributed by atoms with Crippen molar-refractivity contribution in [3.63, 3.8) is 0 Å². The van der Waals surface area contributed by atoms with E-state index in [9.17, 15) is 9.90 Å². The van der Waals surface area contributed by atoms with E-state index in [2.05, 4.69) is 10.3 Å². The molecule has 3 aromatic carbocycles. The van der Waals surface area contributed by atoms with Crippen molar-refractivity contribution in [2.45, 2.75) is 6.92 Å². The number of fused-ring (bicyclic) bond motifs is 1. The number of oxazole rings is 1. The number of carbonyl (C=O) groups is 1. The minimum Gasteiger partial charge on any atom is -0.507 e. The molecule has 28 heavy (non-hydrogen) atoms. The zero-order valence-electron chi connectivity index (χ0n) is 15.2. The first kappa shape index (κ1) is 17.6. The summed E-state index contributed by atoms with van der Waals surface area (Å²) >= 11 is 0.